The first kappa shape index (κ1) is 15.8. The number of fused-ring (bicyclic) bond motifs is 1. The largest absolute Gasteiger partial charge is 0.493 e. The molecular weight excluding hydrogens is 314 g/mol. The molecule has 0 aromatic heterocycles. The summed E-state index contributed by atoms with van der Waals surface area (Å²) in [6.45, 7) is 5.30. The van der Waals surface area contributed by atoms with Gasteiger partial charge in [-0.15, -0.1) is 0 Å². The highest BCUT2D eigenvalue weighted by Gasteiger charge is 2.22. The van der Waals surface area contributed by atoms with Crippen molar-refractivity contribution in [1.82, 2.24) is 0 Å². The first-order chi connectivity index (χ1) is 9.65. The van der Waals surface area contributed by atoms with Gasteiger partial charge in [0.25, 0.3) is 0 Å². The molecule has 2 rings (SSSR count). The zero-order valence-corrected chi connectivity index (χ0v) is 14.2. The number of rotatable bonds is 7. The van der Waals surface area contributed by atoms with Crippen LogP contribution in [0.5, 0.6) is 5.75 Å². The topological polar surface area (TPSA) is 35.2 Å². The number of hydrogen-bond acceptors (Lipinski definition) is 2. The van der Waals surface area contributed by atoms with Crippen LogP contribution in [0, 0.1) is 5.92 Å². The molecule has 20 heavy (non-hydrogen) atoms. The Morgan fingerprint density at radius 3 is 2.60 bits per heavy atom. The van der Waals surface area contributed by atoms with Gasteiger partial charge in [-0.25, -0.2) is 0 Å². The first-order valence-corrected chi connectivity index (χ1v) is 8.64. The summed E-state index contributed by atoms with van der Waals surface area (Å²) in [4.78, 5) is 0. The van der Waals surface area contributed by atoms with Gasteiger partial charge in [0.1, 0.15) is 5.75 Å². The van der Waals surface area contributed by atoms with Crippen LogP contribution in [-0.4, -0.2) is 12.6 Å². The summed E-state index contributed by atoms with van der Waals surface area (Å²) in [7, 11) is 0. The minimum atomic E-state index is 0.234. The number of ether oxygens (including phenoxy) is 1. The Labute approximate surface area is 131 Å². The van der Waals surface area contributed by atoms with Crippen molar-refractivity contribution in [2.45, 2.75) is 58.4 Å². The van der Waals surface area contributed by atoms with Crippen LogP contribution in [0.25, 0.3) is 0 Å². The smallest absolute Gasteiger partial charge is 0.125 e. The molecule has 0 radical (unpaired) electrons. The van der Waals surface area contributed by atoms with E-state index in [9.17, 15) is 0 Å². The summed E-state index contributed by atoms with van der Waals surface area (Å²) < 4.78 is 6.95. The van der Waals surface area contributed by atoms with Gasteiger partial charge in [-0.1, -0.05) is 42.6 Å². The van der Waals surface area contributed by atoms with Crippen molar-refractivity contribution in [1.29, 1.82) is 0 Å². The quantitative estimate of drug-likeness (QED) is 0.795. The molecule has 3 heteroatoms. The Morgan fingerprint density at radius 2 is 1.95 bits per heavy atom. The molecule has 1 aliphatic heterocycles. The fourth-order valence-electron chi connectivity index (χ4n) is 3.23. The van der Waals surface area contributed by atoms with Crippen molar-refractivity contribution in [2.24, 2.45) is 11.7 Å². The third-order valence-electron chi connectivity index (χ3n) is 4.21. The molecule has 0 saturated heterocycles. The van der Waals surface area contributed by atoms with Crippen molar-refractivity contribution >= 4 is 15.9 Å². The number of hydrogen-bond donors (Lipinski definition) is 1. The van der Waals surface area contributed by atoms with Crippen molar-refractivity contribution in [3.8, 4) is 5.75 Å². The number of benzene rings is 1. The maximum Gasteiger partial charge on any atom is 0.125 e. The lowest BCUT2D eigenvalue weighted by atomic mass is 9.87. The molecule has 0 aliphatic carbocycles. The maximum atomic E-state index is 6.50. The van der Waals surface area contributed by atoms with E-state index in [1.807, 2.05) is 0 Å². The van der Waals surface area contributed by atoms with Crippen LogP contribution in [0.1, 0.15) is 50.7 Å². The second kappa shape index (κ2) is 7.46. The molecule has 1 unspecified atom stereocenters. The summed E-state index contributed by atoms with van der Waals surface area (Å²) in [5.74, 6) is 1.72. The van der Waals surface area contributed by atoms with Crippen LogP contribution in [-0.2, 0) is 12.8 Å². The van der Waals surface area contributed by atoms with Gasteiger partial charge in [0, 0.05) is 16.9 Å². The van der Waals surface area contributed by atoms with E-state index >= 15 is 0 Å². The molecule has 1 heterocycles. The fraction of sp³-hybridized carbons (Fsp3) is 0.647. The van der Waals surface area contributed by atoms with Crippen LogP contribution in [0.3, 0.4) is 0 Å². The van der Waals surface area contributed by atoms with Gasteiger partial charge in [0.2, 0.25) is 0 Å². The molecule has 1 aromatic carbocycles. The molecule has 1 aliphatic rings. The van der Waals surface area contributed by atoms with Gasteiger partial charge >= 0.3 is 0 Å². The Kier molecular flexibility index (Phi) is 5.91. The van der Waals surface area contributed by atoms with E-state index in [0.717, 1.165) is 29.7 Å². The van der Waals surface area contributed by atoms with Gasteiger partial charge in [-0.2, -0.15) is 0 Å². The van der Waals surface area contributed by atoms with E-state index < -0.39 is 0 Å². The molecule has 0 saturated carbocycles. The zero-order valence-electron chi connectivity index (χ0n) is 12.6. The summed E-state index contributed by atoms with van der Waals surface area (Å²) in [5, 5.41) is 0. The molecule has 1 atom stereocenters. The van der Waals surface area contributed by atoms with Crippen LogP contribution in [0.15, 0.2) is 16.6 Å². The summed E-state index contributed by atoms with van der Waals surface area (Å²) in [6.07, 6.45) is 6.83. The van der Waals surface area contributed by atoms with Crippen LogP contribution in [0.4, 0.5) is 0 Å². The molecular formula is C17H26BrNO. The maximum absolute atomic E-state index is 6.50. The normalized spacial score (nSPS) is 15.2. The number of nitrogens with two attached hydrogens (primary N) is 1. The minimum absolute atomic E-state index is 0.234. The third kappa shape index (κ3) is 3.76. The van der Waals surface area contributed by atoms with Crippen molar-refractivity contribution < 1.29 is 4.74 Å². The first-order valence-electron chi connectivity index (χ1n) is 7.85. The highest BCUT2D eigenvalue weighted by atomic mass is 79.9. The Balaban J connectivity index is 2.12. The fourth-order valence-corrected chi connectivity index (χ4v) is 3.78. The Bertz CT molecular complexity index is 441. The van der Waals surface area contributed by atoms with Gasteiger partial charge in [0.15, 0.2) is 0 Å². The Hall–Kier alpha value is -0.540. The SMILES string of the molecule is CCCC(CCC)C(N)Cc1cc(Br)cc2c1OCC2. The standard InChI is InChI=1S/C17H26BrNO/c1-3-5-12(6-4-2)16(19)11-14-10-15(18)9-13-7-8-20-17(13)14/h9-10,12,16H,3-8,11,19H2,1-2H3. The third-order valence-corrected chi connectivity index (χ3v) is 4.66. The van der Waals surface area contributed by atoms with Gasteiger partial charge in [-0.3, -0.25) is 0 Å². The molecule has 0 bridgehead atoms. The highest BCUT2D eigenvalue weighted by Crippen LogP contribution is 2.34. The molecule has 112 valence electrons. The van der Waals surface area contributed by atoms with E-state index in [4.69, 9.17) is 10.5 Å². The summed E-state index contributed by atoms with van der Waals surface area (Å²) >= 11 is 3.61. The van der Waals surface area contributed by atoms with Crippen LogP contribution >= 0.6 is 15.9 Å². The lowest BCUT2D eigenvalue weighted by Crippen LogP contribution is -2.32. The average Bonchev–Trinajstić information content (AvgIpc) is 2.86. The lowest BCUT2D eigenvalue weighted by Gasteiger charge is -2.24. The second-order valence-corrected chi connectivity index (χ2v) is 6.77. The predicted octanol–water partition coefficient (Wildman–Crippen LogP) is 4.47. The van der Waals surface area contributed by atoms with E-state index in [1.165, 1.54) is 36.8 Å². The lowest BCUT2D eigenvalue weighted by molar-refractivity contribution is 0.339. The molecule has 2 N–H and O–H groups in total. The second-order valence-electron chi connectivity index (χ2n) is 5.86. The monoisotopic (exact) mass is 339 g/mol. The van der Waals surface area contributed by atoms with Gasteiger partial charge < -0.3 is 10.5 Å². The molecule has 0 spiro atoms. The predicted molar refractivity (Wildman–Crippen MR) is 88.3 cm³/mol. The molecule has 2 nitrogen and oxygen atoms in total. The minimum Gasteiger partial charge on any atom is -0.493 e. The Morgan fingerprint density at radius 1 is 1.25 bits per heavy atom. The molecule has 1 aromatic rings. The van der Waals surface area contributed by atoms with Gasteiger partial charge in [0.05, 0.1) is 6.61 Å². The van der Waals surface area contributed by atoms with E-state index in [-0.39, 0.29) is 6.04 Å². The highest BCUT2D eigenvalue weighted by molar-refractivity contribution is 9.10. The van der Waals surface area contributed by atoms with E-state index in [0.29, 0.717) is 5.92 Å². The summed E-state index contributed by atoms with van der Waals surface area (Å²) in [5.41, 5.74) is 9.09. The van der Waals surface area contributed by atoms with Crippen molar-refractivity contribution in [3.05, 3.63) is 27.7 Å². The van der Waals surface area contributed by atoms with E-state index in [2.05, 4.69) is 41.9 Å². The van der Waals surface area contributed by atoms with Crippen molar-refractivity contribution in [3.63, 3.8) is 0 Å². The average molecular weight is 340 g/mol. The summed E-state index contributed by atoms with van der Waals surface area (Å²) in [6, 6.07) is 4.59. The molecule has 0 fully saturated rings. The van der Waals surface area contributed by atoms with Crippen molar-refractivity contribution in [2.75, 3.05) is 6.61 Å². The van der Waals surface area contributed by atoms with Gasteiger partial charge in [-0.05, 0) is 48.4 Å². The molecule has 0 amide bonds. The van der Waals surface area contributed by atoms with Crippen LogP contribution < -0.4 is 10.5 Å². The van der Waals surface area contributed by atoms with Crippen LogP contribution in [0.2, 0.25) is 0 Å². The zero-order chi connectivity index (χ0) is 14.5. The van der Waals surface area contributed by atoms with E-state index in [1.54, 1.807) is 0 Å². The number of halogens is 1.